The molecule has 2 rings (SSSR count). The van der Waals surface area contributed by atoms with E-state index in [4.69, 9.17) is 9.72 Å². The number of hydrogen-bond acceptors (Lipinski definition) is 3. The maximum absolute atomic E-state index is 5.95. The number of benzene rings is 1. The van der Waals surface area contributed by atoms with Crippen molar-refractivity contribution in [2.24, 2.45) is 0 Å². The monoisotopic (exact) mass is 397 g/mol. The van der Waals surface area contributed by atoms with Gasteiger partial charge >= 0.3 is 0 Å². The van der Waals surface area contributed by atoms with Gasteiger partial charge < -0.3 is 14.2 Å². The minimum absolute atomic E-state index is 0.576. The summed E-state index contributed by atoms with van der Waals surface area (Å²) in [5.41, 5.74) is 2.15. The van der Waals surface area contributed by atoms with Gasteiger partial charge in [0.2, 0.25) is 0 Å². The Morgan fingerprint density at radius 1 is 1.26 bits per heavy atom. The molecule has 0 radical (unpaired) electrons. The molecule has 0 spiro atoms. The highest BCUT2D eigenvalue weighted by Gasteiger charge is 2.13. The number of ether oxygens (including phenoxy) is 1. The number of hydrogen-bond donors (Lipinski definition) is 0. The second-order valence-electron chi connectivity index (χ2n) is 7.53. The molecule has 6 heteroatoms. The van der Waals surface area contributed by atoms with Gasteiger partial charge in [0, 0.05) is 19.2 Å². The van der Waals surface area contributed by atoms with Crippen molar-refractivity contribution >= 4 is 35.0 Å². The van der Waals surface area contributed by atoms with Gasteiger partial charge in [-0.2, -0.15) is 0 Å². The summed E-state index contributed by atoms with van der Waals surface area (Å²) < 4.78 is 9.20. The Labute approximate surface area is 149 Å². The lowest BCUT2D eigenvalue weighted by atomic mass is 10.3. The fourth-order valence-corrected chi connectivity index (χ4v) is 4.11. The van der Waals surface area contributed by atoms with Crippen molar-refractivity contribution in [1.29, 1.82) is 0 Å². The van der Waals surface area contributed by atoms with Crippen LogP contribution in [-0.4, -0.2) is 43.2 Å². The third-order valence-electron chi connectivity index (χ3n) is 3.68. The molecule has 0 N–H and O–H groups in total. The summed E-state index contributed by atoms with van der Waals surface area (Å²) in [4.78, 5) is 6.91. The van der Waals surface area contributed by atoms with Crippen molar-refractivity contribution in [1.82, 2.24) is 14.5 Å². The van der Waals surface area contributed by atoms with Gasteiger partial charge in [0.1, 0.15) is 12.6 Å². The first-order chi connectivity index (χ1) is 10.8. The largest absolute Gasteiger partial charge is 0.361 e. The van der Waals surface area contributed by atoms with Crippen LogP contribution in [0.1, 0.15) is 12.2 Å². The molecule has 0 aliphatic rings. The molecule has 0 aliphatic heterocycles. The van der Waals surface area contributed by atoms with E-state index in [1.54, 1.807) is 0 Å². The third-order valence-corrected chi connectivity index (χ3v) is 6.03. The van der Waals surface area contributed by atoms with Crippen molar-refractivity contribution in [3.63, 3.8) is 0 Å². The third kappa shape index (κ3) is 5.71. The van der Waals surface area contributed by atoms with Crippen LogP contribution >= 0.6 is 15.9 Å². The average molecular weight is 398 g/mol. The fourth-order valence-electron chi connectivity index (χ4n) is 2.56. The first-order valence-electron chi connectivity index (χ1n) is 8.13. The highest BCUT2D eigenvalue weighted by molar-refractivity contribution is 9.10. The molecule has 128 valence electrons. The quantitative estimate of drug-likeness (QED) is 0.482. The van der Waals surface area contributed by atoms with E-state index < -0.39 is 8.07 Å². The van der Waals surface area contributed by atoms with E-state index in [1.807, 2.05) is 0 Å². The maximum atomic E-state index is 5.95. The molecule has 0 saturated carbocycles. The molecule has 1 heterocycles. The Morgan fingerprint density at radius 2 is 2.00 bits per heavy atom. The highest BCUT2D eigenvalue weighted by atomic mass is 79.9. The molecule has 0 unspecified atom stereocenters. The maximum Gasteiger partial charge on any atom is 0.125 e. The predicted octanol–water partition coefficient (Wildman–Crippen LogP) is 4.56. The zero-order valence-corrected chi connectivity index (χ0v) is 17.5. The number of imidazole rings is 1. The van der Waals surface area contributed by atoms with E-state index in [9.17, 15) is 0 Å². The Balaban J connectivity index is 2.08. The Hall–Kier alpha value is -0.693. The summed E-state index contributed by atoms with van der Waals surface area (Å²) in [6.45, 7) is 9.43. The number of fused-ring (bicyclic) bond motifs is 1. The number of rotatable bonds is 8. The van der Waals surface area contributed by atoms with Crippen molar-refractivity contribution in [3.05, 3.63) is 28.5 Å². The first kappa shape index (κ1) is 18.6. The highest BCUT2D eigenvalue weighted by Crippen LogP contribution is 2.22. The van der Waals surface area contributed by atoms with Crippen LogP contribution in [0.25, 0.3) is 11.0 Å². The van der Waals surface area contributed by atoms with Crippen molar-refractivity contribution in [2.45, 2.75) is 45.4 Å². The summed E-state index contributed by atoms with van der Waals surface area (Å²) >= 11 is 3.52. The zero-order valence-electron chi connectivity index (χ0n) is 14.9. The van der Waals surface area contributed by atoms with Crippen LogP contribution in [0.5, 0.6) is 0 Å². The lowest BCUT2D eigenvalue weighted by molar-refractivity contribution is 0.0769. The van der Waals surface area contributed by atoms with Crippen LogP contribution in [0.3, 0.4) is 0 Å². The SMILES string of the molecule is CN(C)Cc1nc2cc(Br)ccc2n1COCCC[Si](C)(C)C. The van der Waals surface area contributed by atoms with E-state index in [2.05, 4.69) is 77.3 Å². The molecule has 0 atom stereocenters. The molecule has 1 aromatic carbocycles. The molecule has 0 saturated heterocycles. The van der Waals surface area contributed by atoms with Crippen LogP contribution in [0.15, 0.2) is 22.7 Å². The van der Waals surface area contributed by atoms with Gasteiger partial charge in [0.05, 0.1) is 17.6 Å². The van der Waals surface area contributed by atoms with E-state index >= 15 is 0 Å². The van der Waals surface area contributed by atoms with Gasteiger partial charge in [-0.3, -0.25) is 0 Å². The van der Waals surface area contributed by atoms with Crippen LogP contribution in [-0.2, 0) is 18.0 Å². The standard InChI is InChI=1S/C17H28BrN3OSi/c1-20(2)12-17-19-15-11-14(18)7-8-16(15)21(17)13-22-9-6-10-23(3,4)5/h7-8,11H,6,9-10,12-13H2,1-5H3. The molecule has 23 heavy (non-hydrogen) atoms. The molecule has 1 aromatic heterocycles. The zero-order chi connectivity index (χ0) is 17.0. The number of halogens is 1. The van der Waals surface area contributed by atoms with Gasteiger partial charge in [-0.25, -0.2) is 4.98 Å². The lowest BCUT2D eigenvalue weighted by Crippen LogP contribution is -2.20. The van der Waals surface area contributed by atoms with E-state index in [-0.39, 0.29) is 0 Å². The summed E-state index contributed by atoms with van der Waals surface area (Å²) in [5.74, 6) is 1.05. The molecule has 0 bridgehead atoms. The van der Waals surface area contributed by atoms with Gasteiger partial charge in [-0.1, -0.05) is 41.6 Å². The second-order valence-corrected chi connectivity index (χ2v) is 14.1. The smallest absolute Gasteiger partial charge is 0.125 e. The summed E-state index contributed by atoms with van der Waals surface area (Å²) in [6, 6.07) is 7.55. The summed E-state index contributed by atoms with van der Waals surface area (Å²) in [5, 5.41) is 0. The van der Waals surface area contributed by atoms with Crippen molar-refractivity contribution in [3.8, 4) is 0 Å². The van der Waals surface area contributed by atoms with Crippen LogP contribution in [0, 0.1) is 0 Å². The molecule has 0 aliphatic carbocycles. The molecule has 0 amide bonds. The van der Waals surface area contributed by atoms with Crippen LogP contribution in [0.2, 0.25) is 25.7 Å². The van der Waals surface area contributed by atoms with E-state index in [1.165, 1.54) is 6.04 Å². The van der Waals surface area contributed by atoms with Crippen LogP contribution < -0.4 is 0 Å². The van der Waals surface area contributed by atoms with Crippen LogP contribution in [0.4, 0.5) is 0 Å². The normalized spacial score (nSPS) is 12.5. The van der Waals surface area contributed by atoms with Gasteiger partial charge in [0.15, 0.2) is 0 Å². The lowest BCUT2D eigenvalue weighted by Gasteiger charge is -2.16. The van der Waals surface area contributed by atoms with Gasteiger partial charge in [-0.15, -0.1) is 0 Å². The fraction of sp³-hybridized carbons (Fsp3) is 0.588. The average Bonchev–Trinajstić information content (AvgIpc) is 2.73. The molecular formula is C17H28BrN3OSi. The molecular weight excluding hydrogens is 370 g/mol. The topological polar surface area (TPSA) is 30.3 Å². The minimum atomic E-state index is -0.967. The molecule has 4 nitrogen and oxygen atoms in total. The van der Waals surface area contributed by atoms with Gasteiger partial charge in [0.25, 0.3) is 0 Å². The predicted molar refractivity (Wildman–Crippen MR) is 104 cm³/mol. The van der Waals surface area contributed by atoms with Crippen molar-refractivity contribution < 1.29 is 4.74 Å². The van der Waals surface area contributed by atoms with Crippen molar-refractivity contribution in [2.75, 3.05) is 20.7 Å². The summed E-state index contributed by atoms with van der Waals surface area (Å²) in [6.07, 6.45) is 1.15. The van der Waals surface area contributed by atoms with E-state index in [0.29, 0.717) is 6.73 Å². The molecule has 0 fully saturated rings. The minimum Gasteiger partial charge on any atom is -0.361 e. The summed E-state index contributed by atoms with van der Waals surface area (Å²) in [7, 11) is 3.16. The Kier molecular flexibility index (Phi) is 6.42. The first-order valence-corrected chi connectivity index (χ1v) is 12.6. The Bertz CT molecular complexity index is 649. The number of nitrogens with zero attached hydrogens (tertiary/aromatic N) is 3. The number of aromatic nitrogens is 2. The van der Waals surface area contributed by atoms with E-state index in [0.717, 1.165) is 40.9 Å². The second kappa shape index (κ2) is 7.92. The molecule has 2 aromatic rings. The van der Waals surface area contributed by atoms with Gasteiger partial charge in [-0.05, 0) is 38.7 Å². The Morgan fingerprint density at radius 3 is 2.65 bits per heavy atom.